The van der Waals surface area contributed by atoms with Gasteiger partial charge in [-0.05, 0) is 144 Å². The van der Waals surface area contributed by atoms with E-state index in [-0.39, 0.29) is 36.8 Å². The number of carboxylic acids is 2. The number of carboxylic acid groups (broad SMARTS) is 2. The number of halogens is 2. The summed E-state index contributed by atoms with van der Waals surface area (Å²) in [5.74, 6) is 0.393. The van der Waals surface area contributed by atoms with Crippen LogP contribution >= 0.6 is 31.9 Å². The number of ether oxygens (including phenoxy) is 4. The number of rotatable bonds is 14. The summed E-state index contributed by atoms with van der Waals surface area (Å²) in [4.78, 5) is 26.3. The Balaban J connectivity index is 1.86. The minimum Gasteiger partial charge on any atom is -0.494 e. The molecule has 4 aromatic carbocycles. The molecule has 0 amide bonds. The van der Waals surface area contributed by atoms with Gasteiger partial charge in [0.2, 0.25) is 0 Å². The fourth-order valence-corrected chi connectivity index (χ4v) is 7.58. The third kappa shape index (κ3) is 9.31. The zero-order valence-electron chi connectivity index (χ0n) is 30.2. The van der Waals surface area contributed by atoms with E-state index >= 15 is 0 Å². The van der Waals surface area contributed by atoms with E-state index < -0.39 is 11.9 Å². The molecule has 1 aliphatic carbocycles. The van der Waals surface area contributed by atoms with E-state index in [1.807, 2.05) is 76.2 Å². The van der Waals surface area contributed by atoms with Gasteiger partial charge in [0.1, 0.15) is 23.0 Å². The summed E-state index contributed by atoms with van der Waals surface area (Å²) in [6.07, 6.45) is 4.24. The predicted molar refractivity (Wildman–Crippen MR) is 209 cm³/mol. The molecule has 5 rings (SSSR count). The van der Waals surface area contributed by atoms with Gasteiger partial charge in [-0.25, -0.2) is 9.59 Å². The number of aromatic carboxylic acids is 2. The van der Waals surface area contributed by atoms with Crippen LogP contribution in [0.5, 0.6) is 23.0 Å². The molecule has 52 heavy (non-hydrogen) atoms. The van der Waals surface area contributed by atoms with E-state index in [2.05, 4.69) is 31.9 Å². The minimum atomic E-state index is -1.03. The standard InChI is InChI=1S/C42H46Br2O8/c1-5-9-49-33-17-25-13-29-21-35(51-11-7-3)23-31(39(29)43)15-27-19-34(50-10-6-2)20-28(38(27)42(47)48)16-32-24-36(52-12-8-4)22-30(40(32)44)14-26(18-33)37(25)41(45)46/h17-24H,5-16H2,1-4H3,(H,45,46)(H,47,48). The van der Waals surface area contributed by atoms with Gasteiger partial charge in [0.05, 0.1) is 37.6 Å². The van der Waals surface area contributed by atoms with Crippen molar-refractivity contribution in [1.82, 2.24) is 0 Å². The highest BCUT2D eigenvalue weighted by Gasteiger charge is 2.25. The van der Waals surface area contributed by atoms with Crippen molar-refractivity contribution < 1.29 is 38.7 Å². The third-order valence-electron chi connectivity index (χ3n) is 8.79. The summed E-state index contributed by atoms with van der Waals surface area (Å²) >= 11 is 7.71. The molecule has 2 N–H and O–H groups in total. The minimum absolute atomic E-state index is 0.216. The third-order valence-corrected chi connectivity index (χ3v) is 10.8. The average Bonchev–Trinajstić information content (AvgIpc) is 3.10. The molecule has 0 heterocycles. The van der Waals surface area contributed by atoms with Crippen LogP contribution in [0.1, 0.15) is 119 Å². The van der Waals surface area contributed by atoms with Gasteiger partial charge in [-0.15, -0.1) is 0 Å². The molecule has 276 valence electrons. The molecular weight excluding hydrogens is 792 g/mol. The van der Waals surface area contributed by atoms with E-state index in [9.17, 15) is 19.8 Å². The van der Waals surface area contributed by atoms with Gasteiger partial charge < -0.3 is 29.2 Å². The van der Waals surface area contributed by atoms with Crippen molar-refractivity contribution in [2.24, 2.45) is 0 Å². The first-order valence-electron chi connectivity index (χ1n) is 18.0. The maximum absolute atomic E-state index is 13.2. The first-order valence-corrected chi connectivity index (χ1v) is 19.6. The molecule has 8 bridgehead atoms. The smallest absolute Gasteiger partial charge is 0.336 e. The van der Waals surface area contributed by atoms with Crippen LogP contribution in [0.2, 0.25) is 0 Å². The van der Waals surface area contributed by atoms with Crippen molar-refractivity contribution in [3.63, 3.8) is 0 Å². The van der Waals surface area contributed by atoms with E-state index in [4.69, 9.17) is 18.9 Å². The van der Waals surface area contributed by atoms with Crippen LogP contribution in [0.3, 0.4) is 0 Å². The van der Waals surface area contributed by atoms with E-state index in [1.165, 1.54) is 0 Å². The Kier molecular flexibility index (Phi) is 13.7. The van der Waals surface area contributed by atoms with Crippen LogP contribution in [0.15, 0.2) is 57.5 Å². The molecule has 0 fully saturated rings. The van der Waals surface area contributed by atoms with Gasteiger partial charge in [0.25, 0.3) is 0 Å². The lowest BCUT2D eigenvalue weighted by molar-refractivity contribution is 0.0683. The molecule has 0 saturated carbocycles. The second-order valence-electron chi connectivity index (χ2n) is 13.1. The molecule has 4 aromatic rings. The maximum atomic E-state index is 13.2. The number of hydrogen-bond donors (Lipinski definition) is 2. The van der Waals surface area contributed by atoms with Crippen LogP contribution in [-0.2, 0) is 25.7 Å². The quantitative estimate of drug-likeness (QED) is 0.114. The molecule has 0 aliphatic heterocycles. The molecule has 10 heteroatoms. The molecular formula is C42H46Br2O8. The summed E-state index contributed by atoms with van der Waals surface area (Å²) in [5, 5.41) is 21.5. The zero-order chi connectivity index (χ0) is 37.4. The maximum Gasteiger partial charge on any atom is 0.336 e. The first-order chi connectivity index (χ1) is 25.1. The Morgan fingerprint density at radius 2 is 0.673 bits per heavy atom. The average molecular weight is 839 g/mol. The Bertz CT molecular complexity index is 1700. The summed E-state index contributed by atoms with van der Waals surface area (Å²) in [6, 6.07) is 15.0. The Hall–Kier alpha value is -4.02. The van der Waals surface area contributed by atoms with Crippen LogP contribution in [-0.4, -0.2) is 48.6 Å². The number of benzene rings is 4. The lowest BCUT2D eigenvalue weighted by atomic mass is 9.88. The molecule has 0 saturated heterocycles. The van der Waals surface area contributed by atoms with Gasteiger partial charge in [-0.3, -0.25) is 0 Å². The van der Waals surface area contributed by atoms with Crippen LogP contribution in [0.4, 0.5) is 0 Å². The Morgan fingerprint density at radius 3 is 0.865 bits per heavy atom. The summed E-state index contributed by atoms with van der Waals surface area (Å²) in [6.45, 7) is 10.1. The second-order valence-corrected chi connectivity index (χ2v) is 14.6. The fraction of sp³-hybridized carbons (Fsp3) is 0.381. The summed E-state index contributed by atoms with van der Waals surface area (Å²) in [5.41, 5.74) is 6.07. The molecule has 0 atom stereocenters. The fourth-order valence-electron chi connectivity index (χ4n) is 6.56. The topological polar surface area (TPSA) is 112 Å². The Labute approximate surface area is 322 Å². The van der Waals surface area contributed by atoms with Crippen LogP contribution in [0.25, 0.3) is 0 Å². The molecule has 0 radical (unpaired) electrons. The van der Waals surface area contributed by atoms with E-state index in [0.717, 1.165) is 56.9 Å². The van der Waals surface area contributed by atoms with Crippen molar-refractivity contribution in [1.29, 1.82) is 0 Å². The van der Waals surface area contributed by atoms with Crippen molar-refractivity contribution in [2.45, 2.75) is 79.1 Å². The molecule has 0 unspecified atom stereocenters. The normalized spacial score (nSPS) is 12.3. The molecule has 8 nitrogen and oxygen atoms in total. The van der Waals surface area contributed by atoms with Gasteiger partial charge in [0, 0.05) is 8.95 Å². The highest BCUT2D eigenvalue weighted by Crippen LogP contribution is 2.39. The summed E-state index contributed by atoms with van der Waals surface area (Å²) < 4.78 is 26.1. The molecule has 0 aromatic heterocycles. The van der Waals surface area contributed by atoms with Gasteiger partial charge in [0.15, 0.2) is 0 Å². The largest absolute Gasteiger partial charge is 0.494 e. The predicted octanol–water partition coefficient (Wildman–Crippen LogP) is 10.4. The SMILES string of the molecule is CCCOc1cc2c(Br)c(c1)Cc1cc(OCCC)cc(c1C(=O)O)Cc1cc(OCCC)cc(c1Br)Cc1cc(OCCC)cc(c1C(=O)O)C2. The van der Waals surface area contributed by atoms with Gasteiger partial charge in [-0.1, -0.05) is 59.6 Å². The second kappa shape index (κ2) is 18.1. The number of fused-ring (bicyclic) bond motifs is 8. The van der Waals surface area contributed by atoms with Crippen molar-refractivity contribution >= 4 is 43.8 Å². The number of hydrogen-bond acceptors (Lipinski definition) is 6. The monoisotopic (exact) mass is 836 g/mol. The number of carbonyl (C=O) groups is 2. The Morgan fingerprint density at radius 1 is 0.462 bits per heavy atom. The molecule has 0 spiro atoms. The summed E-state index contributed by atoms with van der Waals surface area (Å²) in [7, 11) is 0. The zero-order valence-corrected chi connectivity index (χ0v) is 33.4. The lowest BCUT2D eigenvalue weighted by Gasteiger charge is -2.21. The van der Waals surface area contributed by atoms with Crippen LogP contribution in [0, 0.1) is 0 Å². The van der Waals surface area contributed by atoms with Crippen molar-refractivity contribution in [3.05, 3.63) is 113 Å². The lowest BCUT2D eigenvalue weighted by Crippen LogP contribution is -2.13. The van der Waals surface area contributed by atoms with E-state index in [1.54, 1.807) is 0 Å². The van der Waals surface area contributed by atoms with Gasteiger partial charge in [-0.2, -0.15) is 0 Å². The molecule has 1 aliphatic rings. The van der Waals surface area contributed by atoms with Crippen molar-refractivity contribution in [2.75, 3.05) is 26.4 Å². The van der Waals surface area contributed by atoms with Crippen molar-refractivity contribution in [3.8, 4) is 23.0 Å². The van der Waals surface area contributed by atoms with Gasteiger partial charge >= 0.3 is 11.9 Å². The first kappa shape index (κ1) is 39.2. The highest BCUT2D eigenvalue weighted by atomic mass is 79.9. The highest BCUT2D eigenvalue weighted by molar-refractivity contribution is 9.10. The van der Waals surface area contributed by atoms with Crippen LogP contribution < -0.4 is 18.9 Å². The van der Waals surface area contributed by atoms with E-state index in [0.29, 0.717) is 71.7 Å².